The summed E-state index contributed by atoms with van der Waals surface area (Å²) >= 11 is 5.73. The van der Waals surface area contributed by atoms with E-state index in [0.717, 1.165) is 5.57 Å². The summed E-state index contributed by atoms with van der Waals surface area (Å²) in [5.41, 5.74) is 6.56. The molecule has 1 rings (SSSR count). The zero-order valence-electron chi connectivity index (χ0n) is 9.77. The van der Waals surface area contributed by atoms with Gasteiger partial charge in [0.2, 0.25) is 10.0 Å². The molecule has 0 fully saturated rings. The number of hydrogen-bond donors (Lipinski definition) is 1. The van der Waals surface area contributed by atoms with Crippen molar-refractivity contribution in [3.8, 4) is 0 Å². The maximum atomic E-state index is 12.2. The largest absolute Gasteiger partial charge is 0.398 e. The lowest BCUT2D eigenvalue weighted by Crippen LogP contribution is -2.29. The number of nitrogen functional groups attached to an aromatic ring is 1. The van der Waals surface area contributed by atoms with E-state index in [9.17, 15) is 8.42 Å². The number of hydrogen-bond acceptors (Lipinski definition) is 3. The van der Waals surface area contributed by atoms with Gasteiger partial charge < -0.3 is 5.73 Å². The van der Waals surface area contributed by atoms with E-state index in [1.54, 1.807) is 6.92 Å². The third kappa shape index (κ3) is 3.21. The lowest BCUT2D eigenvalue weighted by Gasteiger charge is -2.18. The molecule has 0 radical (unpaired) electrons. The van der Waals surface area contributed by atoms with Crippen LogP contribution in [-0.2, 0) is 10.0 Å². The number of nitrogens with two attached hydrogens (primary N) is 1. The Morgan fingerprint density at radius 1 is 1.53 bits per heavy atom. The summed E-state index contributed by atoms with van der Waals surface area (Å²) in [6.45, 7) is 5.70. The Hall–Kier alpha value is -1.04. The molecule has 1 aromatic carbocycles. The van der Waals surface area contributed by atoms with Gasteiger partial charge in [-0.2, -0.15) is 4.31 Å². The van der Waals surface area contributed by atoms with Crippen molar-refractivity contribution >= 4 is 27.3 Å². The molecule has 6 heteroatoms. The summed E-state index contributed by atoms with van der Waals surface area (Å²) in [7, 11) is -2.11. The summed E-state index contributed by atoms with van der Waals surface area (Å²) < 4.78 is 25.5. The quantitative estimate of drug-likeness (QED) is 0.676. The minimum Gasteiger partial charge on any atom is -0.398 e. The molecule has 0 amide bonds. The van der Waals surface area contributed by atoms with E-state index in [1.165, 1.54) is 29.6 Å². The van der Waals surface area contributed by atoms with Crippen molar-refractivity contribution in [1.29, 1.82) is 0 Å². The second-order valence-electron chi connectivity index (χ2n) is 3.90. The molecule has 0 saturated heterocycles. The molecule has 0 spiro atoms. The van der Waals surface area contributed by atoms with E-state index in [1.807, 2.05) is 0 Å². The lowest BCUT2D eigenvalue weighted by molar-refractivity contribution is 0.493. The number of nitrogens with zero attached hydrogens (tertiary/aromatic N) is 1. The summed E-state index contributed by atoms with van der Waals surface area (Å²) in [4.78, 5) is 0.0608. The molecule has 0 heterocycles. The molecule has 0 aliphatic heterocycles. The highest BCUT2D eigenvalue weighted by atomic mass is 35.5. The van der Waals surface area contributed by atoms with E-state index in [-0.39, 0.29) is 17.1 Å². The number of rotatable bonds is 4. The molecule has 0 saturated carbocycles. The molecular weight excluding hydrogens is 260 g/mol. The summed E-state index contributed by atoms with van der Waals surface area (Å²) in [6, 6.07) is 4.32. The monoisotopic (exact) mass is 274 g/mol. The van der Waals surface area contributed by atoms with Crippen LogP contribution in [0.5, 0.6) is 0 Å². The third-order valence-electron chi connectivity index (χ3n) is 2.15. The third-order valence-corrected chi connectivity index (χ3v) is 4.27. The average Bonchev–Trinajstić information content (AvgIpc) is 2.15. The fourth-order valence-corrected chi connectivity index (χ4v) is 2.89. The van der Waals surface area contributed by atoms with Gasteiger partial charge in [0, 0.05) is 18.6 Å². The highest BCUT2D eigenvalue weighted by molar-refractivity contribution is 7.89. The Kier molecular flexibility index (Phi) is 4.19. The first kappa shape index (κ1) is 14.0. The van der Waals surface area contributed by atoms with Gasteiger partial charge in [-0.1, -0.05) is 23.8 Å². The minimum absolute atomic E-state index is 0.0608. The second kappa shape index (κ2) is 5.08. The van der Waals surface area contributed by atoms with Crippen molar-refractivity contribution in [1.82, 2.24) is 4.31 Å². The first-order chi connectivity index (χ1) is 7.75. The fraction of sp³-hybridized carbons (Fsp3) is 0.273. The molecule has 0 aliphatic rings. The second-order valence-corrected chi connectivity index (χ2v) is 6.35. The number of benzene rings is 1. The van der Waals surface area contributed by atoms with Crippen LogP contribution in [0.25, 0.3) is 0 Å². The SMILES string of the molecule is C=C(C)CN(C)S(=O)(=O)c1ccc(Cl)cc1N. The van der Waals surface area contributed by atoms with Gasteiger partial charge in [0.15, 0.2) is 0 Å². The standard InChI is InChI=1S/C11H15ClN2O2S/c1-8(2)7-14(3)17(15,16)11-5-4-9(12)6-10(11)13/h4-6H,1,7,13H2,2-3H3. The maximum absolute atomic E-state index is 12.2. The Bertz CT molecular complexity index is 540. The van der Waals surface area contributed by atoms with Gasteiger partial charge in [0.1, 0.15) is 4.90 Å². The molecular formula is C11H15ClN2O2S. The zero-order valence-corrected chi connectivity index (χ0v) is 11.3. The van der Waals surface area contributed by atoms with Gasteiger partial charge in [-0.3, -0.25) is 0 Å². The number of anilines is 1. The average molecular weight is 275 g/mol. The molecule has 1 aromatic rings. The van der Waals surface area contributed by atoms with Crippen LogP contribution in [0.3, 0.4) is 0 Å². The van der Waals surface area contributed by atoms with E-state index < -0.39 is 10.0 Å². The number of halogens is 1. The predicted octanol–water partition coefficient (Wildman–Crippen LogP) is 2.12. The number of likely N-dealkylation sites (N-methyl/N-ethyl adjacent to an activating group) is 1. The van der Waals surface area contributed by atoms with Crippen LogP contribution >= 0.6 is 11.6 Å². The summed E-state index contributed by atoms with van der Waals surface area (Å²) in [5, 5.41) is 0.406. The van der Waals surface area contributed by atoms with Gasteiger partial charge in [-0.25, -0.2) is 8.42 Å². The number of sulfonamides is 1. The van der Waals surface area contributed by atoms with Crippen molar-refractivity contribution in [2.75, 3.05) is 19.3 Å². The molecule has 2 N–H and O–H groups in total. The zero-order chi connectivity index (χ0) is 13.2. The highest BCUT2D eigenvalue weighted by Gasteiger charge is 2.23. The van der Waals surface area contributed by atoms with E-state index in [2.05, 4.69) is 6.58 Å². The molecule has 17 heavy (non-hydrogen) atoms. The normalized spacial score (nSPS) is 11.8. The van der Waals surface area contributed by atoms with E-state index in [4.69, 9.17) is 17.3 Å². The van der Waals surface area contributed by atoms with Crippen molar-refractivity contribution in [3.63, 3.8) is 0 Å². The molecule has 0 aliphatic carbocycles. The van der Waals surface area contributed by atoms with Gasteiger partial charge in [0.05, 0.1) is 5.69 Å². The molecule has 0 bridgehead atoms. The van der Waals surface area contributed by atoms with Crippen molar-refractivity contribution in [3.05, 3.63) is 35.4 Å². The van der Waals surface area contributed by atoms with Gasteiger partial charge in [0.25, 0.3) is 0 Å². The van der Waals surface area contributed by atoms with Crippen LogP contribution in [-0.4, -0.2) is 26.3 Å². The minimum atomic E-state index is -3.59. The highest BCUT2D eigenvalue weighted by Crippen LogP contribution is 2.25. The first-order valence-corrected chi connectivity index (χ1v) is 6.72. The van der Waals surface area contributed by atoms with Gasteiger partial charge in [-0.05, 0) is 25.1 Å². The lowest BCUT2D eigenvalue weighted by atomic mass is 10.3. The maximum Gasteiger partial charge on any atom is 0.245 e. The first-order valence-electron chi connectivity index (χ1n) is 4.91. The summed E-state index contributed by atoms with van der Waals surface area (Å²) in [6.07, 6.45) is 0. The smallest absolute Gasteiger partial charge is 0.245 e. The Morgan fingerprint density at radius 2 is 2.12 bits per heavy atom. The Balaban J connectivity index is 3.17. The summed E-state index contributed by atoms with van der Waals surface area (Å²) in [5.74, 6) is 0. The molecule has 0 aromatic heterocycles. The van der Waals surface area contributed by atoms with Crippen molar-refractivity contribution < 1.29 is 8.42 Å². The predicted molar refractivity (Wildman–Crippen MR) is 70.5 cm³/mol. The molecule has 0 atom stereocenters. The van der Waals surface area contributed by atoms with Crippen LogP contribution in [0.1, 0.15) is 6.92 Å². The van der Waals surface area contributed by atoms with Crippen LogP contribution in [0.2, 0.25) is 5.02 Å². The van der Waals surface area contributed by atoms with Gasteiger partial charge >= 0.3 is 0 Å². The molecule has 94 valence electrons. The van der Waals surface area contributed by atoms with Crippen molar-refractivity contribution in [2.24, 2.45) is 0 Å². The Morgan fingerprint density at radius 3 is 2.59 bits per heavy atom. The molecule has 4 nitrogen and oxygen atoms in total. The fourth-order valence-electron chi connectivity index (χ4n) is 1.39. The van der Waals surface area contributed by atoms with Crippen LogP contribution < -0.4 is 5.73 Å². The van der Waals surface area contributed by atoms with Crippen molar-refractivity contribution in [2.45, 2.75) is 11.8 Å². The van der Waals surface area contributed by atoms with E-state index in [0.29, 0.717) is 5.02 Å². The van der Waals surface area contributed by atoms with Crippen LogP contribution in [0, 0.1) is 0 Å². The molecule has 0 unspecified atom stereocenters. The van der Waals surface area contributed by atoms with Crippen LogP contribution in [0.15, 0.2) is 35.2 Å². The van der Waals surface area contributed by atoms with Crippen LogP contribution in [0.4, 0.5) is 5.69 Å². The van der Waals surface area contributed by atoms with E-state index >= 15 is 0 Å². The topological polar surface area (TPSA) is 63.4 Å². The Labute approximate surface area is 107 Å². The van der Waals surface area contributed by atoms with Gasteiger partial charge in [-0.15, -0.1) is 0 Å².